The number of hydrogen-bond donors (Lipinski definition) is 0. The summed E-state index contributed by atoms with van der Waals surface area (Å²) in [6, 6.07) is 4.50. The van der Waals surface area contributed by atoms with E-state index >= 15 is 0 Å². The van der Waals surface area contributed by atoms with E-state index in [0.29, 0.717) is 23.2 Å². The van der Waals surface area contributed by atoms with Crippen LogP contribution >= 0.6 is 15.9 Å². The summed E-state index contributed by atoms with van der Waals surface area (Å²) in [6.45, 7) is 0.456. The number of unbranched alkanes of at least 4 members (excludes halogenated alkanes) is 1. The lowest BCUT2D eigenvalue weighted by atomic mass is 10.3. The molecule has 0 heterocycles. The van der Waals surface area contributed by atoms with Crippen molar-refractivity contribution < 1.29 is 9.66 Å². The van der Waals surface area contributed by atoms with Gasteiger partial charge in [-0.1, -0.05) is 15.9 Å². The highest BCUT2D eigenvalue weighted by Gasteiger charge is 2.09. The van der Waals surface area contributed by atoms with Crippen molar-refractivity contribution in [3.63, 3.8) is 0 Å². The van der Waals surface area contributed by atoms with Gasteiger partial charge in [0, 0.05) is 17.0 Å². The Morgan fingerprint density at radius 2 is 2.25 bits per heavy atom. The van der Waals surface area contributed by atoms with Gasteiger partial charge < -0.3 is 4.74 Å². The van der Waals surface area contributed by atoms with Gasteiger partial charge >= 0.3 is 0 Å². The number of nitro groups is 1. The van der Waals surface area contributed by atoms with E-state index in [1.807, 2.05) is 0 Å². The minimum atomic E-state index is -0.459. The molecule has 0 bridgehead atoms. The first kappa shape index (κ1) is 12.5. The van der Waals surface area contributed by atoms with Crippen molar-refractivity contribution in [2.24, 2.45) is 0 Å². The number of non-ortho nitro benzene ring substituents is 1. The molecule has 1 aromatic carbocycles. The van der Waals surface area contributed by atoms with E-state index < -0.39 is 4.92 Å². The van der Waals surface area contributed by atoms with Crippen molar-refractivity contribution in [1.82, 2.24) is 0 Å². The lowest BCUT2D eigenvalue weighted by Gasteiger charge is -2.05. The molecule has 0 saturated carbocycles. The van der Waals surface area contributed by atoms with Crippen LogP contribution in [0.5, 0.6) is 5.75 Å². The number of halogens is 1. The van der Waals surface area contributed by atoms with Crippen LogP contribution in [-0.2, 0) is 0 Å². The molecule has 0 fully saturated rings. The number of nitro benzene ring substituents is 1. The van der Waals surface area contributed by atoms with Crippen LogP contribution < -0.4 is 4.74 Å². The van der Waals surface area contributed by atoms with E-state index in [0.717, 1.165) is 6.42 Å². The molecule has 16 heavy (non-hydrogen) atoms. The summed E-state index contributed by atoms with van der Waals surface area (Å²) in [5.41, 5.74) is 0.00123. The molecule has 0 aromatic heterocycles. The third kappa shape index (κ3) is 3.91. The monoisotopic (exact) mass is 283 g/mol. The molecule has 0 atom stereocenters. The van der Waals surface area contributed by atoms with Crippen LogP contribution in [0.1, 0.15) is 12.8 Å². The second-order valence-electron chi connectivity index (χ2n) is 3.06. The van der Waals surface area contributed by atoms with E-state index in [-0.39, 0.29) is 5.69 Å². The Morgan fingerprint density at radius 3 is 2.88 bits per heavy atom. The largest absolute Gasteiger partial charge is 0.493 e. The van der Waals surface area contributed by atoms with Gasteiger partial charge in [-0.25, -0.2) is 0 Å². The molecular weight excluding hydrogens is 274 g/mol. The molecule has 0 saturated heterocycles. The highest BCUT2D eigenvalue weighted by Crippen LogP contribution is 2.26. The van der Waals surface area contributed by atoms with Gasteiger partial charge in [0.25, 0.3) is 5.69 Å². The zero-order chi connectivity index (χ0) is 12.0. The van der Waals surface area contributed by atoms with E-state index in [2.05, 4.69) is 21.9 Å². The molecule has 5 heteroatoms. The molecule has 1 rings (SSSR count). The molecule has 0 spiro atoms. The van der Waals surface area contributed by atoms with Crippen LogP contribution in [0, 0.1) is 22.5 Å². The molecule has 4 nitrogen and oxygen atoms in total. The molecule has 0 unspecified atom stereocenters. The van der Waals surface area contributed by atoms with Crippen molar-refractivity contribution >= 4 is 21.6 Å². The molecule has 84 valence electrons. The van der Waals surface area contributed by atoms with E-state index in [1.54, 1.807) is 6.07 Å². The van der Waals surface area contributed by atoms with Crippen LogP contribution in [0.15, 0.2) is 22.7 Å². The lowest BCUT2D eigenvalue weighted by Crippen LogP contribution is -1.97. The van der Waals surface area contributed by atoms with Crippen LogP contribution in [0.3, 0.4) is 0 Å². The van der Waals surface area contributed by atoms with Crippen molar-refractivity contribution in [1.29, 1.82) is 0 Å². The summed E-state index contributed by atoms with van der Waals surface area (Å²) < 4.78 is 5.97. The Kier molecular flexibility index (Phi) is 4.80. The second kappa shape index (κ2) is 6.13. The zero-order valence-electron chi connectivity index (χ0n) is 8.48. The summed E-state index contributed by atoms with van der Waals surface area (Å²) in [4.78, 5) is 10.1. The minimum Gasteiger partial charge on any atom is -0.493 e. The number of hydrogen-bond acceptors (Lipinski definition) is 3. The first-order valence-corrected chi connectivity index (χ1v) is 5.44. The fourth-order valence-corrected chi connectivity index (χ4v) is 1.56. The maximum atomic E-state index is 10.6. The van der Waals surface area contributed by atoms with Gasteiger partial charge in [-0.2, -0.15) is 0 Å². The molecule has 0 aliphatic carbocycles. The predicted octanol–water partition coefficient (Wildman–Crippen LogP) is 3.15. The third-order valence-corrected chi connectivity index (χ3v) is 2.26. The van der Waals surface area contributed by atoms with Crippen LogP contribution in [-0.4, -0.2) is 11.5 Å². The lowest BCUT2D eigenvalue weighted by molar-refractivity contribution is -0.385. The fraction of sp³-hybridized carbons (Fsp3) is 0.273. The summed E-state index contributed by atoms with van der Waals surface area (Å²) in [5.74, 6) is 2.97. The first-order valence-electron chi connectivity index (χ1n) is 4.64. The van der Waals surface area contributed by atoms with Gasteiger partial charge in [-0.3, -0.25) is 10.1 Å². The number of benzene rings is 1. The van der Waals surface area contributed by atoms with Crippen LogP contribution in [0.2, 0.25) is 0 Å². The average Bonchev–Trinajstić information content (AvgIpc) is 2.23. The maximum absolute atomic E-state index is 10.6. The fourth-order valence-electron chi connectivity index (χ4n) is 1.10. The molecule has 0 N–H and O–H groups in total. The Morgan fingerprint density at radius 1 is 1.50 bits per heavy atom. The Balaban J connectivity index is 2.66. The number of rotatable bonds is 5. The Bertz CT molecular complexity index is 426. The van der Waals surface area contributed by atoms with Crippen molar-refractivity contribution in [2.75, 3.05) is 6.61 Å². The molecular formula is C11H10BrNO3. The first-order chi connectivity index (χ1) is 7.63. The highest BCUT2D eigenvalue weighted by atomic mass is 79.9. The minimum absolute atomic E-state index is 0.00123. The van der Waals surface area contributed by atoms with Gasteiger partial charge in [0.2, 0.25) is 0 Å². The van der Waals surface area contributed by atoms with Crippen molar-refractivity contribution in [3.8, 4) is 18.1 Å². The van der Waals surface area contributed by atoms with Gasteiger partial charge in [0.15, 0.2) is 0 Å². The van der Waals surface area contributed by atoms with E-state index in [1.165, 1.54) is 12.1 Å². The summed E-state index contributed by atoms with van der Waals surface area (Å²) in [6.07, 6.45) is 6.46. The quantitative estimate of drug-likeness (QED) is 0.361. The summed E-state index contributed by atoms with van der Waals surface area (Å²) in [7, 11) is 0. The molecule has 0 aliphatic heterocycles. The van der Waals surface area contributed by atoms with Gasteiger partial charge in [0.05, 0.1) is 17.6 Å². The van der Waals surface area contributed by atoms with E-state index in [9.17, 15) is 10.1 Å². The van der Waals surface area contributed by atoms with Crippen molar-refractivity contribution in [2.45, 2.75) is 12.8 Å². The van der Waals surface area contributed by atoms with Gasteiger partial charge in [-0.05, 0) is 12.5 Å². The third-order valence-electron chi connectivity index (χ3n) is 1.80. The van der Waals surface area contributed by atoms with E-state index in [4.69, 9.17) is 11.2 Å². The maximum Gasteiger partial charge on any atom is 0.274 e. The van der Waals surface area contributed by atoms with Gasteiger partial charge in [-0.15, -0.1) is 12.3 Å². The highest BCUT2D eigenvalue weighted by molar-refractivity contribution is 9.10. The van der Waals surface area contributed by atoms with Gasteiger partial charge in [0.1, 0.15) is 5.75 Å². The van der Waals surface area contributed by atoms with Crippen molar-refractivity contribution in [3.05, 3.63) is 32.8 Å². The molecule has 0 radical (unpaired) electrons. The van der Waals surface area contributed by atoms with Crippen LogP contribution in [0.25, 0.3) is 0 Å². The SMILES string of the molecule is C#CCCCOc1cc(Br)cc([N+](=O)[O-])c1. The number of ether oxygens (including phenoxy) is 1. The molecule has 1 aromatic rings. The topological polar surface area (TPSA) is 52.4 Å². The predicted molar refractivity (Wildman–Crippen MR) is 64.4 cm³/mol. The molecule has 0 amide bonds. The summed E-state index contributed by atoms with van der Waals surface area (Å²) >= 11 is 3.19. The summed E-state index contributed by atoms with van der Waals surface area (Å²) in [5, 5.41) is 10.6. The van der Waals surface area contributed by atoms with Crippen LogP contribution in [0.4, 0.5) is 5.69 Å². The average molecular weight is 284 g/mol. The molecule has 0 aliphatic rings. The number of terminal acetylenes is 1. The Labute approximate surface area is 102 Å². The Hall–Kier alpha value is -1.54. The smallest absolute Gasteiger partial charge is 0.274 e. The zero-order valence-corrected chi connectivity index (χ0v) is 10.1. The standard InChI is InChI=1S/C11H10BrNO3/c1-2-3-4-5-16-11-7-9(12)6-10(8-11)13(14)15/h1,6-8H,3-5H2. The number of nitrogens with zero attached hydrogens (tertiary/aromatic N) is 1. The second-order valence-corrected chi connectivity index (χ2v) is 3.97. The normalized spacial score (nSPS) is 9.50.